The summed E-state index contributed by atoms with van der Waals surface area (Å²) in [6.07, 6.45) is 5.41. The average Bonchev–Trinajstić information content (AvgIpc) is 3.16. The topological polar surface area (TPSA) is 24.5 Å². The van der Waals surface area contributed by atoms with E-state index in [0.29, 0.717) is 0 Å². The molecule has 0 saturated heterocycles. The Morgan fingerprint density at radius 1 is 1.29 bits per heavy atom. The number of hydrogen-bond acceptors (Lipinski definition) is 3. The molecule has 0 amide bonds. The van der Waals surface area contributed by atoms with Gasteiger partial charge in [-0.05, 0) is 38.6 Å². The second-order valence-corrected chi connectivity index (χ2v) is 5.21. The summed E-state index contributed by atoms with van der Waals surface area (Å²) in [6.45, 7) is 9.97. The summed E-state index contributed by atoms with van der Waals surface area (Å²) in [6, 6.07) is 0.734. The Bertz CT molecular complexity index is 183. The van der Waals surface area contributed by atoms with Crippen LogP contribution in [0, 0.1) is 5.92 Å². The molecule has 102 valence electrons. The lowest BCUT2D eigenvalue weighted by Crippen LogP contribution is -2.41. The van der Waals surface area contributed by atoms with Gasteiger partial charge in [-0.25, -0.2) is 0 Å². The lowest BCUT2D eigenvalue weighted by atomic mass is 10.2. The number of nitrogens with zero attached hydrogens (tertiary/aromatic N) is 1. The van der Waals surface area contributed by atoms with Crippen molar-refractivity contribution in [2.75, 3.05) is 39.9 Å². The molecule has 1 N–H and O–H groups in total. The summed E-state index contributed by atoms with van der Waals surface area (Å²) in [4.78, 5) is 2.58. The molecule has 1 fully saturated rings. The number of hydrogen-bond donors (Lipinski definition) is 1. The van der Waals surface area contributed by atoms with Gasteiger partial charge in [-0.2, -0.15) is 0 Å². The number of nitrogens with one attached hydrogen (secondary N) is 1. The number of unbranched alkanes of at least 4 members (excludes halogenated alkanes) is 1. The smallest absolute Gasteiger partial charge is 0.0589 e. The highest BCUT2D eigenvalue weighted by Crippen LogP contribution is 2.34. The van der Waals surface area contributed by atoms with Crippen molar-refractivity contribution in [2.45, 2.75) is 45.6 Å². The molecule has 0 bridgehead atoms. The fraction of sp³-hybridized carbons (Fsp3) is 1.00. The van der Waals surface area contributed by atoms with E-state index in [1.165, 1.54) is 25.7 Å². The number of ether oxygens (including phenoxy) is 1. The van der Waals surface area contributed by atoms with Crippen molar-refractivity contribution in [1.29, 1.82) is 0 Å². The van der Waals surface area contributed by atoms with E-state index in [1.54, 1.807) is 7.11 Å². The molecule has 0 spiro atoms. The van der Waals surface area contributed by atoms with E-state index in [0.717, 1.165) is 44.7 Å². The van der Waals surface area contributed by atoms with Crippen LogP contribution in [0.3, 0.4) is 0 Å². The van der Waals surface area contributed by atoms with E-state index in [2.05, 4.69) is 24.1 Å². The molecule has 3 nitrogen and oxygen atoms in total. The number of rotatable bonds is 11. The summed E-state index contributed by atoms with van der Waals surface area (Å²) >= 11 is 0. The highest BCUT2D eigenvalue weighted by molar-refractivity contribution is 4.85. The molecule has 17 heavy (non-hydrogen) atoms. The highest BCUT2D eigenvalue weighted by Gasteiger charge is 2.31. The third-order valence-corrected chi connectivity index (χ3v) is 3.75. The van der Waals surface area contributed by atoms with Crippen molar-refractivity contribution in [1.82, 2.24) is 10.2 Å². The van der Waals surface area contributed by atoms with Gasteiger partial charge in [0.25, 0.3) is 0 Å². The zero-order chi connectivity index (χ0) is 12.5. The van der Waals surface area contributed by atoms with E-state index in [-0.39, 0.29) is 0 Å². The van der Waals surface area contributed by atoms with Crippen LogP contribution in [0.15, 0.2) is 0 Å². The van der Waals surface area contributed by atoms with E-state index >= 15 is 0 Å². The summed E-state index contributed by atoms with van der Waals surface area (Å²) in [5.41, 5.74) is 0. The van der Waals surface area contributed by atoms with E-state index in [9.17, 15) is 0 Å². The van der Waals surface area contributed by atoms with Gasteiger partial charge in [-0.1, -0.05) is 13.3 Å². The molecule has 1 rings (SSSR count). The molecule has 0 radical (unpaired) electrons. The predicted molar refractivity (Wildman–Crippen MR) is 73.4 cm³/mol. The normalized spacial score (nSPS) is 17.6. The lowest BCUT2D eigenvalue weighted by molar-refractivity contribution is 0.117. The maximum atomic E-state index is 5.21. The van der Waals surface area contributed by atoms with Crippen molar-refractivity contribution in [3.63, 3.8) is 0 Å². The molecule has 0 aromatic carbocycles. The zero-order valence-corrected chi connectivity index (χ0v) is 11.9. The van der Waals surface area contributed by atoms with Gasteiger partial charge in [0.15, 0.2) is 0 Å². The molecule has 0 aromatic heterocycles. The first kappa shape index (κ1) is 14.9. The van der Waals surface area contributed by atoms with Crippen molar-refractivity contribution in [2.24, 2.45) is 5.92 Å². The quantitative estimate of drug-likeness (QED) is 0.562. The van der Waals surface area contributed by atoms with Gasteiger partial charge >= 0.3 is 0 Å². The summed E-state index contributed by atoms with van der Waals surface area (Å²) in [7, 11) is 1.79. The summed E-state index contributed by atoms with van der Waals surface area (Å²) in [5.74, 6) is 0.947. The first-order valence-corrected chi connectivity index (χ1v) is 7.23. The van der Waals surface area contributed by atoms with Crippen LogP contribution in [0.2, 0.25) is 0 Å². The molecule has 0 heterocycles. The van der Waals surface area contributed by atoms with Crippen molar-refractivity contribution in [3.8, 4) is 0 Å². The summed E-state index contributed by atoms with van der Waals surface area (Å²) in [5, 5.41) is 3.52. The van der Waals surface area contributed by atoms with Crippen molar-refractivity contribution in [3.05, 3.63) is 0 Å². The van der Waals surface area contributed by atoms with Gasteiger partial charge in [0.2, 0.25) is 0 Å². The fourth-order valence-corrected chi connectivity index (χ4v) is 2.25. The van der Waals surface area contributed by atoms with Crippen LogP contribution in [0.1, 0.15) is 39.5 Å². The Morgan fingerprint density at radius 2 is 2.06 bits per heavy atom. The van der Waals surface area contributed by atoms with Gasteiger partial charge in [0, 0.05) is 32.8 Å². The second kappa shape index (κ2) is 8.90. The Hall–Kier alpha value is -0.120. The molecule has 1 atom stereocenters. The minimum atomic E-state index is 0.734. The van der Waals surface area contributed by atoms with Gasteiger partial charge in [0.05, 0.1) is 6.61 Å². The number of methoxy groups -OCH3 is 1. The summed E-state index contributed by atoms with van der Waals surface area (Å²) < 4.78 is 5.21. The lowest BCUT2D eigenvalue weighted by Gasteiger charge is -2.29. The van der Waals surface area contributed by atoms with Gasteiger partial charge in [-0.15, -0.1) is 0 Å². The van der Waals surface area contributed by atoms with E-state index in [1.807, 2.05) is 0 Å². The SMILES string of the molecule is CCCCNCCN(CCOC)C(C)C1CC1. The molecule has 1 aliphatic carbocycles. The van der Waals surface area contributed by atoms with Crippen LogP contribution in [-0.2, 0) is 4.74 Å². The molecule has 0 aromatic rings. The standard InChI is InChI=1S/C14H30N2O/c1-4-5-8-15-9-10-16(11-12-17-3)13(2)14-6-7-14/h13-15H,4-12H2,1-3H3. The van der Waals surface area contributed by atoms with Gasteiger partial charge < -0.3 is 10.1 Å². The molecular formula is C14H30N2O. The molecule has 0 aliphatic heterocycles. The molecule has 1 aliphatic rings. The minimum Gasteiger partial charge on any atom is -0.383 e. The molecule has 1 saturated carbocycles. The van der Waals surface area contributed by atoms with Gasteiger partial charge in [0.1, 0.15) is 0 Å². The fourth-order valence-electron chi connectivity index (χ4n) is 2.25. The second-order valence-electron chi connectivity index (χ2n) is 5.21. The zero-order valence-electron chi connectivity index (χ0n) is 11.9. The highest BCUT2D eigenvalue weighted by atomic mass is 16.5. The maximum absolute atomic E-state index is 5.21. The van der Waals surface area contributed by atoms with Crippen molar-refractivity contribution < 1.29 is 4.74 Å². The van der Waals surface area contributed by atoms with Crippen molar-refractivity contribution >= 4 is 0 Å². The Labute approximate surface area is 107 Å². The Balaban J connectivity index is 2.15. The van der Waals surface area contributed by atoms with Crippen LogP contribution in [0.5, 0.6) is 0 Å². The third-order valence-electron chi connectivity index (χ3n) is 3.75. The van der Waals surface area contributed by atoms with Crippen LogP contribution in [-0.4, -0.2) is 50.8 Å². The van der Waals surface area contributed by atoms with Gasteiger partial charge in [-0.3, -0.25) is 4.90 Å². The first-order chi connectivity index (χ1) is 8.29. The predicted octanol–water partition coefficient (Wildman–Crippen LogP) is 2.12. The monoisotopic (exact) mass is 242 g/mol. The maximum Gasteiger partial charge on any atom is 0.0589 e. The van der Waals surface area contributed by atoms with Crippen LogP contribution in [0.4, 0.5) is 0 Å². The minimum absolute atomic E-state index is 0.734. The largest absolute Gasteiger partial charge is 0.383 e. The first-order valence-electron chi connectivity index (χ1n) is 7.23. The van der Waals surface area contributed by atoms with Crippen LogP contribution >= 0.6 is 0 Å². The average molecular weight is 242 g/mol. The molecular weight excluding hydrogens is 212 g/mol. The van der Waals surface area contributed by atoms with Crippen LogP contribution in [0.25, 0.3) is 0 Å². The van der Waals surface area contributed by atoms with E-state index in [4.69, 9.17) is 4.74 Å². The Kier molecular flexibility index (Phi) is 7.82. The third kappa shape index (κ3) is 6.39. The molecule has 1 unspecified atom stereocenters. The van der Waals surface area contributed by atoms with Crippen LogP contribution < -0.4 is 5.32 Å². The molecule has 3 heteroatoms. The Morgan fingerprint density at radius 3 is 2.65 bits per heavy atom. The van der Waals surface area contributed by atoms with E-state index < -0.39 is 0 Å².